The summed E-state index contributed by atoms with van der Waals surface area (Å²) < 4.78 is 25.9. The Morgan fingerprint density at radius 3 is 0.662 bits per heavy atom. The second-order valence-corrected chi connectivity index (χ2v) is 33.6. The molecule has 0 atom stereocenters. The second kappa shape index (κ2) is 31.5. The highest BCUT2D eigenvalue weighted by Gasteiger charge is 2.29. The maximum atomic E-state index is 6.54. The lowest BCUT2D eigenvalue weighted by molar-refractivity contribution is 0.668. The molecule has 606 valence electrons. The minimum absolute atomic E-state index is 0.880. The summed E-state index contributed by atoms with van der Waals surface area (Å²) in [7, 11) is 0. The number of fused-ring (bicyclic) bond motifs is 18. The van der Waals surface area contributed by atoms with E-state index in [1.807, 2.05) is 24.3 Å². The van der Waals surface area contributed by atoms with E-state index in [1.165, 1.54) is 165 Å². The molecule has 23 aromatic carbocycles. The van der Waals surface area contributed by atoms with Crippen LogP contribution in [0.4, 0.5) is 0 Å². The monoisotopic (exact) mass is 1650 g/mol. The molecule has 0 saturated heterocycles. The van der Waals surface area contributed by atoms with Crippen LogP contribution >= 0.6 is 0 Å². The molecule has 0 N–H and O–H groups in total. The van der Waals surface area contributed by atoms with Crippen LogP contribution in [0.5, 0.6) is 0 Å². The maximum Gasteiger partial charge on any atom is 0.136 e. The first kappa shape index (κ1) is 75.4. The molecule has 4 nitrogen and oxygen atoms in total. The summed E-state index contributed by atoms with van der Waals surface area (Å²) in [5.74, 6) is 0. The van der Waals surface area contributed by atoms with Crippen LogP contribution in [-0.4, -0.2) is 0 Å². The van der Waals surface area contributed by atoms with Gasteiger partial charge in [0, 0.05) is 59.8 Å². The highest BCUT2D eigenvalue weighted by molar-refractivity contribution is 6.32. The van der Waals surface area contributed by atoms with Gasteiger partial charge >= 0.3 is 0 Å². The van der Waals surface area contributed by atoms with Gasteiger partial charge in [-0.05, 0) is 220 Å². The molecular formula is C126H78O4. The third kappa shape index (κ3) is 12.4. The van der Waals surface area contributed by atoms with Gasteiger partial charge in [-0.15, -0.1) is 0 Å². The number of hydrogen-bond donors (Lipinski definition) is 0. The molecule has 0 aliphatic heterocycles. The molecule has 27 aromatic rings. The zero-order valence-electron chi connectivity index (χ0n) is 70.7. The summed E-state index contributed by atoms with van der Waals surface area (Å²) in [6, 6.07) is 169. The molecule has 4 heterocycles. The predicted octanol–water partition coefficient (Wildman–Crippen LogP) is 36.2. The molecule has 130 heavy (non-hydrogen) atoms. The fourth-order valence-electron chi connectivity index (χ4n) is 21.0. The van der Waals surface area contributed by atoms with Gasteiger partial charge < -0.3 is 17.7 Å². The van der Waals surface area contributed by atoms with Gasteiger partial charge in [0.1, 0.15) is 44.7 Å². The normalized spacial score (nSPS) is 11.7. The van der Waals surface area contributed by atoms with E-state index in [0.717, 1.165) is 98.9 Å². The Bertz CT molecular complexity index is 8980. The molecule has 0 unspecified atom stereocenters. The summed E-state index contributed by atoms with van der Waals surface area (Å²) >= 11 is 0. The summed E-state index contributed by atoms with van der Waals surface area (Å²) in [6.45, 7) is 0. The fraction of sp³-hybridized carbons (Fsp3) is 0. The number of para-hydroxylation sites is 4. The first-order valence-corrected chi connectivity index (χ1v) is 44.5. The van der Waals surface area contributed by atoms with Gasteiger partial charge in [-0.3, -0.25) is 0 Å². The Balaban J connectivity index is 0.000000106. The van der Waals surface area contributed by atoms with Gasteiger partial charge in [0.2, 0.25) is 0 Å². The summed E-state index contributed by atoms with van der Waals surface area (Å²) in [5.41, 5.74) is 31.4. The van der Waals surface area contributed by atoms with Crippen molar-refractivity contribution in [3.8, 4) is 111 Å². The van der Waals surface area contributed by atoms with Crippen molar-refractivity contribution in [2.75, 3.05) is 0 Å². The molecule has 0 fully saturated rings. The topological polar surface area (TPSA) is 52.6 Å². The van der Waals surface area contributed by atoms with Gasteiger partial charge in [-0.2, -0.15) is 0 Å². The van der Waals surface area contributed by atoms with Crippen molar-refractivity contribution in [1.82, 2.24) is 0 Å². The van der Waals surface area contributed by atoms with Crippen molar-refractivity contribution in [2.24, 2.45) is 0 Å². The quantitative estimate of drug-likeness (QED) is 0.128. The van der Waals surface area contributed by atoms with Crippen molar-refractivity contribution < 1.29 is 17.7 Å². The Kier molecular flexibility index (Phi) is 18.3. The minimum atomic E-state index is 0.880. The molecule has 0 amide bonds. The standard InChI is InChI=1S/C44H26O2.C44H28O.C38H24O/c1-2-12-27(13-3-1)41-32-15-4-6-17-34(32)42(35-18-7-5-16-33(35)41)44-29(24-25-39-43(44)36-19-9-11-21-38(36)45-39)28-22-23-31-30-14-8-10-20-37(30)46-40(31)26-28;1-3-15-29(16-4-1)31-19-7-8-20-32(31)37-27-28-40-43(38-25-13-14-26-39(38)45-40)44(37)42-35-23-11-9-21-33(35)41(30-17-5-2-6-18-30)34-22-10-12-24-36(34)42;1-3-13-25(14-4-1)27-23-24-34-37(32-21-11-12-22-33(32)39-34)38(27)36-30-19-9-7-17-28(30)35(26-15-5-2-6-16-26)29-18-8-10-20-31(29)36/h1-26H;1-28H;1-24H. The average molecular weight is 1660 g/mol. The van der Waals surface area contributed by atoms with Gasteiger partial charge in [-0.1, -0.05) is 413 Å². The molecule has 0 aliphatic carbocycles. The van der Waals surface area contributed by atoms with E-state index < -0.39 is 0 Å². The summed E-state index contributed by atoms with van der Waals surface area (Å²) in [4.78, 5) is 0. The van der Waals surface area contributed by atoms with Crippen LogP contribution in [0.3, 0.4) is 0 Å². The van der Waals surface area contributed by atoms with Gasteiger partial charge in [-0.25, -0.2) is 0 Å². The molecule has 4 aromatic heterocycles. The number of hydrogen-bond acceptors (Lipinski definition) is 4. The molecule has 0 aliphatic rings. The molecule has 0 spiro atoms. The van der Waals surface area contributed by atoms with Crippen molar-refractivity contribution in [2.45, 2.75) is 0 Å². The lowest BCUT2D eigenvalue weighted by Crippen LogP contribution is -1.94. The van der Waals surface area contributed by atoms with E-state index in [4.69, 9.17) is 17.7 Å². The largest absolute Gasteiger partial charge is 0.456 e. The fourth-order valence-corrected chi connectivity index (χ4v) is 21.0. The summed E-state index contributed by atoms with van der Waals surface area (Å²) in [5, 5.41) is 23.9. The van der Waals surface area contributed by atoms with E-state index in [2.05, 4.69) is 449 Å². The van der Waals surface area contributed by atoms with Gasteiger partial charge in [0.25, 0.3) is 0 Å². The van der Waals surface area contributed by atoms with Crippen LogP contribution in [0.15, 0.2) is 491 Å². The Hall–Kier alpha value is -17.2. The Morgan fingerprint density at radius 2 is 0.323 bits per heavy atom. The Labute approximate surface area is 749 Å². The highest BCUT2D eigenvalue weighted by atomic mass is 16.3. The van der Waals surface area contributed by atoms with Crippen molar-refractivity contribution in [1.29, 1.82) is 0 Å². The van der Waals surface area contributed by atoms with Crippen molar-refractivity contribution in [3.63, 3.8) is 0 Å². The van der Waals surface area contributed by atoms with Crippen LogP contribution in [0.25, 0.3) is 264 Å². The highest BCUT2D eigenvalue weighted by Crippen LogP contribution is 2.56. The zero-order chi connectivity index (χ0) is 85.7. The minimum Gasteiger partial charge on any atom is -0.456 e. The van der Waals surface area contributed by atoms with E-state index >= 15 is 0 Å². The van der Waals surface area contributed by atoms with E-state index in [-0.39, 0.29) is 0 Å². The average Bonchev–Trinajstić information content (AvgIpc) is 1.32. The SMILES string of the molecule is c1ccc(-c2c3ccccc3c(-c3c(-c4ccc5c(c4)oc4ccccc45)ccc4oc5ccccc5c34)c3ccccc23)cc1.c1ccc(-c2ccc3oc4ccccc4c3c2-c2c3ccccc3c(-c3ccccc3)c3ccccc23)cc1.c1ccc(-c2ccccc2-c2ccc3oc4ccccc4c3c2-c2c3ccccc3c(-c3ccccc3)c3ccccc23)cc1. The number of benzene rings is 23. The lowest BCUT2D eigenvalue weighted by atomic mass is 9.81. The van der Waals surface area contributed by atoms with Crippen LogP contribution < -0.4 is 0 Å². The molecule has 27 rings (SSSR count). The number of rotatable bonds is 10. The molecule has 0 radical (unpaired) electrons. The van der Waals surface area contributed by atoms with Gasteiger partial charge in [0.05, 0.1) is 0 Å². The first-order chi connectivity index (χ1) is 64.6. The molecule has 4 heteroatoms. The van der Waals surface area contributed by atoms with E-state index in [0.29, 0.717) is 0 Å². The Morgan fingerprint density at radius 1 is 0.100 bits per heavy atom. The number of furan rings is 4. The second-order valence-electron chi connectivity index (χ2n) is 33.6. The van der Waals surface area contributed by atoms with Crippen molar-refractivity contribution >= 4 is 152 Å². The third-order valence-electron chi connectivity index (χ3n) is 26.4. The molecule has 0 saturated carbocycles. The zero-order valence-corrected chi connectivity index (χ0v) is 70.7. The summed E-state index contributed by atoms with van der Waals surface area (Å²) in [6.07, 6.45) is 0. The first-order valence-electron chi connectivity index (χ1n) is 44.5. The molecule has 0 bridgehead atoms. The third-order valence-corrected chi connectivity index (χ3v) is 26.4. The predicted molar refractivity (Wildman–Crippen MR) is 548 cm³/mol. The van der Waals surface area contributed by atoms with E-state index in [1.54, 1.807) is 0 Å². The molecular weight excluding hydrogens is 1580 g/mol. The maximum absolute atomic E-state index is 6.54. The van der Waals surface area contributed by atoms with E-state index in [9.17, 15) is 0 Å². The smallest absolute Gasteiger partial charge is 0.136 e. The van der Waals surface area contributed by atoms with Crippen LogP contribution in [0, 0.1) is 0 Å². The van der Waals surface area contributed by atoms with Crippen LogP contribution in [0.2, 0.25) is 0 Å². The van der Waals surface area contributed by atoms with Crippen molar-refractivity contribution in [3.05, 3.63) is 473 Å². The lowest BCUT2D eigenvalue weighted by Gasteiger charge is -2.21. The van der Waals surface area contributed by atoms with Crippen LogP contribution in [0.1, 0.15) is 0 Å². The van der Waals surface area contributed by atoms with Crippen LogP contribution in [-0.2, 0) is 0 Å². The van der Waals surface area contributed by atoms with Gasteiger partial charge in [0.15, 0.2) is 0 Å².